The minimum Gasteiger partial charge on any atom is -0.457 e. The molecule has 10 heteroatoms. The Morgan fingerprint density at radius 3 is 2.80 bits per heavy atom. The second-order valence-electron chi connectivity index (χ2n) is 6.23. The van der Waals surface area contributed by atoms with Crippen molar-refractivity contribution in [2.24, 2.45) is 0 Å². The molecule has 1 unspecified atom stereocenters. The summed E-state index contributed by atoms with van der Waals surface area (Å²) in [6, 6.07) is 13.8. The second-order valence-corrected chi connectivity index (χ2v) is 7.78. The number of para-hydroxylation sites is 1. The summed E-state index contributed by atoms with van der Waals surface area (Å²) in [5.74, 6) is 0.0456. The monoisotopic (exact) mass is 445 g/mol. The molecule has 2 heterocycles. The van der Waals surface area contributed by atoms with Gasteiger partial charge in [-0.15, -0.1) is 0 Å². The van der Waals surface area contributed by atoms with E-state index in [1.54, 1.807) is 42.5 Å². The first-order chi connectivity index (χ1) is 14.4. The first kappa shape index (κ1) is 20.0. The van der Waals surface area contributed by atoms with Crippen molar-refractivity contribution in [1.29, 1.82) is 0 Å². The zero-order valence-electron chi connectivity index (χ0n) is 15.1. The first-order valence-electron chi connectivity index (χ1n) is 8.65. The molecule has 2 N–H and O–H groups in total. The van der Waals surface area contributed by atoms with E-state index in [1.165, 1.54) is 30.0 Å². The van der Waals surface area contributed by atoms with E-state index in [2.05, 4.69) is 10.6 Å². The molecule has 152 valence electrons. The molecule has 0 saturated carbocycles. The third kappa shape index (κ3) is 4.17. The Bertz CT molecular complexity index is 1180. The molecule has 1 saturated heterocycles. The molecule has 0 bridgehead atoms. The zero-order chi connectivity index (χ0) is 21.3. The maximum Gasteiger partial charge on any atom is 0.288 e. The van der Waals surface area contributed by atoms with Gasteiger partial charge in [-0.05, 0) is 36.4 Å². The Kier molecular flexibility index (Phi) is 5.47. The largest absolute Gasteiger partial charge is 0.457 e. The fourth-order valence-corrected chi connectivity index (χ4v) is 3.95. The summed E-state index contributed by atoms with van der Waals surface area (Å²) < 4.78 is 19.5. The summed E-state index contributed by atoms with van der Waals surface area (Å²) in [5.41, 5.74) is 0.00629. The molecule has 0 aliphatic carbocycles. The number of anilines is 1. The Hall–Kier alpha value is -3.30. The normalized spacial score (nSPS) is 17.2. The molecule has 7 nitrogen and oxygen atoms in total. The van der Waals surface area contributed by atoms with Crippen LogP contribution in [0.2, 0.25) is 5.02 Å². The molecule has 0 spiro atoms. The minimum absolute atomic E-state index is 0.0325. The Balaban J connectivity index is 1.52. The van der Waals surface area contributed by atoms with Gasteiger partial charge in [0.15, 0.2) is 5.50 Å². The number of thioether (sulfide) groups is 1. The second kappa shape index (κ2) is 8.21. The number of amides is 1. The van der Waals surface area contributed by atoms with E-state index in [9.17, 15) is 19.3 Å². The van der Waals surface area contributed by atoms with Crippen molar-refractivity contribution in [3.05, 3.63) is 86.2 Å². The quantitative estimate of drug-likeness (QED) is 0.316. The number of hydrogen-bond acceptors (Lipinski definition) is 6. The molecule has 1 fully saturated rings. The van der Waals surface area contributed by atoms with Gasteiger partial charge < -0.3 is 15.1 Å². The fourth-order valence-electron chi connectivity index (χ4n) is 2.81. The van der Waals surface area contributed by atoms with Gasteiger partial charge in [0, 0.05) is 17.7 Å². The number of benzene rings is 2. The van der Waals surface area contributed by atoms with E-state index in [-0.39, 0.29) is 22.3 Å². The molecule has 30 heavy (non-hydrogen) atoms. The van der Waals surface area contributed by atoms with E-state index in [4.69, 9.17) is 16.0 Å². The van der Waals surface area contributed by atoms with E-state index < -0.39 is 16.2 Å². The number of nitro benzene ring substituents is 1. The highest BCUT2D eigenvalue weighted by molar-refractivity contribution is 8.05. The van der Waals surface area contributed by atoms with Gasteiger partial charge in [-0.2, -0.15) is 0 Å². The molecular formula is C20H13ClFN3O4S. The molecule has 4 rings (SSSR count). The molecule has 3 aromatic rings. The van der Waals surface area contributed by atoms with Crippen LogP contribution < -0.4 is 10.6 Å². The standard InChI is InChI=1S/C20H13ClFN3O4S/c21-13-7-5-11(9-16(13)25(27)28)17-8-6-12(29-17)10-18-19(26)24-20(30-18)23-15-4-2-1-3-14(15)22/h1-10,20,23H,(H,24,26)/b18-10-. The van der Waals surface area contributed by atoms with Crippen LogP contribution in [0.3, 0.4) is 0 Å². The predicted molar refractivity (Wildman–Crippen MR) is 113 cm³/mol. The zero-order valence-corrected chi connectivity index (χ0v) is 16.7. The van der Waals surface area contributed by atoms with Crippen molar-refractivity contribution in [1.82, 2.24) is 5.32 Å². The summed E-state index contributed by atoms with van der Waals surface area (Å²) >= 11 is 7.02. The van der Waals surface area contributed by atoms with Crippen LogP contribution in [0.15, 0.2) is 63.9 Å². The van der Waals surface area contributed by atoms with Crippen LogP contribution in [-0.4, -0.2) is 16.3 Å². The highest BCUT2D eigenvalue weighted by atomic mass is 35.5. The van der Waals surface area contributed by atoms with E-state index >= 15 is 0 Å². The van der Waals surface area contributed by atoms with E-state index in [0.717, 1.165) is 0 Å². The molecule has 1 atom stereocenters. The number of carbonyl (C=O) groups is 1. The lowest BCUT2D eigenvalue weighted by Crippen LogP contribution is -2.31. The average molecular weight is 446 g/mol. The van der Waals surface area contributed by atoms with Crippen LogP contribution in [-0.2, 0) is 4.79 Å². The van der Waals surface area contributed by atoms with E-state index in [0.29, 0.717) is 22.0 Å². The summed E-state index contributed by atoms with van der Waals surface area (Å²) in [6.45, 7) is 0. The number of rotatable bonds is 5. The molecular weight excluding hydrogens is 433 g/mol. The molecule has 1 aliphatic heterocycles. The maximum atomic E-state index is 13.8. The van der Waals surface area contributed by atoms with Crippen LogP contribution in [0, 0.1) is 15.9 Å². The number of nitrogens with zero attached hydrogens (tertiary/aromatic N) is 1. The first-order valence-corrected chi connectivity index (χ1v) is 9.91. The number of carbonyl (C=O) groups excluding carboxylic acids is 1. The van der Waals surface area contributed by atoms with Gasteiger partial charge in [-0.3, -0.25) is 14.9 Å². The molecule has 1 aliphatic rings. The topological polar surface area (TPSA) is 97.4 Å². The van der Waals surface area contributed by atoms with Crippen LogP contribution in [0.1, 0.15) is 5.76 Å². The highest BCUT2D eigenvalue weighted by Gasteiger charge is 2.28. The lowest BCUT2D eigenvalue weighted by molar-refractivity contribution is -0.384. The number of furan rings is 1. The minimum atomic E-state index is -0.570. The van der Waals surface area contributed by atoms with Crippen LogP contribution >= 0.6 is 23.4 Å². The van der Waals surface area contributed by atoms with Gasteiger partial charge in [0.25, 0.3) is 11.6 Å². The highest BCUT2D eigenvalue weighted by Crippen LogP contribution is 2.34. The van der Waals surface area contributed by atoms with Crippen molar-refractivity contribution < 1.29 is 18.5 Å². The number of halogens is 2. The third-order valence-electron chi connectivity index (χ3n) is 4.22. The third-order valence-corrected chi connectivity index (χ3v) is 5.57. The van der Waals surface area contributed by atoms with Gasteiger partial charge in [-0.1, -0.05) is 35.5 Å². The van der Waals surface area contributed by atoms with Gasteiger partial charge in [0.2, 0.25) is 0 Å². The number of nitrogens with one attached hydrogen (secondary N) is 2. The summed E-state index contributed by atoms with van der Waals surface area (Å²) in [6.07, 6.45) is 1.55. The molecule has 0 radical (unpaired) electrons. The summed E-state index contributed by atoms with van der Waals surface area (Å²) in [5, 5.41) is 16.7. The number of nitro groups is 1. The van der Waals surface area contributed by atoms with Crippen LogP contribution in [0.25, 0.3) is 17.4 Å². The molecule has 1 amide bonds. The van der Waals surface area contributed by atoms with Gasteiger partial charge >= 0.3 is 0 Å². The lowest BCUT2D eigenvalue weighted by Gasteiger charge is -2.12. The summed E-state index contributed by atoms with van der Waals surface area (Å²) in [7, 11) is 0. The molecule has 2 aromatic carbocycles. The maximum absolute atomic E-state index is 13.8. The smallest absolute Gasteiger partial charge is 0.288 e. The van der Waals surface area contributed by atoms with E-state index in [1.807, 2.05) is 0 Å². The van der Waals surface area contributed by atoms with Gasteiger partial charge in [0.05, 0.1) is 15.5 Å². The van der Waals surface area contributed by atoms with Gasteiger partial charge in [-0.25, -0.2) is 4.39 Å². The summed E-state index contributed by atoms with van der Waals surface area (Å²) in [4.78, 5) is 23.1. The Morgan fingerprint density at radius 1 is 1.23 bits per heavy atom. The van der Waals surface area contributed by atoms with Crippen LogP contribution in [0.5, 0.6) is 0 Å². The SMILES string of the molecule is O=C1NC(Nc2ccccc2F)S/C1=C\c1ccc(-c2ccc(Cl)c([N+](=O)[O-])c2)o1. The van der Waals surface area contributed by atoms with Crippen molar-refractivity contribution in [3.63, 3.8) is 0 Å². The van der Waals surface area contributed by atoms with Crippen molar-refractivity contribution in [2.45, 2.75) is 5.50 Å². The predicted octanol–water partition coefficient (Wildman–Crippen LogP) is 5.25. The molecule has 1 aromatic heterocycles. The van der Waals surface area contributed by atoms with Crippen molar-refractivity contribution in [3.8, 4) is 11.3 Å². The van der Waals surface area contributed by atoms with Crippen LogP contribution in [0.4, 0.5) is 15.8 Å². The fraction of sp³-hybridized carbons (Fsp3) is 0.0500. The Labute approximate surface area is 179 Å². The lowest BCUT2D eigenvalue weighted by atomic mass is 10.1. The number of hydrogen-bond donors (Lipinski definition) is 2. The van der Waals surface area contributed by atoms with Crippen molar-refractivity contribution >= 4 is 46.7 Å². The van der Waals surface area contributed by atoms with Gasteiger partial charge in [0.1, 0.15) is 22.4 Å². The average Bonchev–Trinajstić information content (AvgIpc) is 3.31. The van der Waals surface area contributed by atoms with Crippen molar-refractivity contribution in [2.75, 3.05) is 5.32 Å². The Morgan fingerprint density at radius 2 is 2.03 bits per heavy atom.